The van der Waals surface area contributed by atoms with Gasteiger partial charge in [0.15, 0.2) is 11.5 Å². The Kier molecular flexibility index (Phi) is 3.11. The number of allylic oxidation sites excluding steroid dienone is 5. The van der Waals surface area contributed by atoms with E-state index in [1.165, 1.54) is 0 Å². The minimum Gasteiger partial charge on any atom is -0.494 e. The summed E-state index contributed by atoms with van der Waals surface area (Å²) in [5, 5.41) is 11.6. The van der Waals surface area contributed by atoms with Gasteiger partial charge in [0.05, 0.1) is 13.7 Å². The van der Waals surface area contributed by atoms with Crippen molar-refractivity contribution >= 4 is 5.78 Å². The summed E-state index contributed by atoms with van der Waals surface area (Å²) in [5.74, 6) is 1.31. The van der Waals surface area contributed by atoms with Crippen LogP contribution in [0.25, 0.3) is 0 Å². The summed E-state index contributed by atoms with van der Waals surface area (Å²) in [6.07, 6.45) is 8.85. The van der Waals surface area contributed by atoms with Crippen LogP contribution in [-0.4, -0.2) is 30.5 Å². The molecule has 6 heteroatoms. The van der Waals surface area contributed by atoms with Crippen LogP contribution in [0, 0.1) is 33.3 Å². The van der Waals surface area contributed by atoms with Crippen molar-refractivity contribution in [1.29, 1.82) is 0 Å². The van der Waals surface area contributed by atoms with Gasteiger partial charge >= 0.3 is 0 Å². The topological polar surface area (TPSA) is 78.7 Å². The van der Waals surface area contributed by atoms with Crippen molar-refractivity contribution in [3.63, 3.8) is 0 Å². The van der Waals surface area contributed by atoms with Gasteiger partial charge in [-0.2, -0.15) is 0 Å². The van der Waals surface area contributed by atoms with E-state index in [1.54, 1.807) is 13.2 Å². The minimum absolute atomic E-state index is 0.0127. The van der Waals surface area contributed by atoms with E-state index in [2.05, 4.69) is 0 Å². The van der Waals surface area contributed by atoms with Gasteiger partial charge in [-0.25, -0.2) is 0 Å². The monoisotopic (exact) mass is 317 g/mol. The van der Waals surface area contributed by atoms with E-state index in [9.17, 15) is 14.9 Å². The Balaban J connectivity index is 1.88. The van der Waals surface area contributed by atoms with E-state index in [1.807, 2.05) is 18.2 Å². The summed E-state index contributed by atoms with van der Waals surface area (Å²) in [7, 11) is 1.61. The number of carbonyl (C=O) groups excluding carboxylic acids is 1. The number of ether oxygens (including phenoxy) is 2. The number of ketones is 1. The van der Waals surface area contributed by atoms with Crippen LogP contribution in [0.15, 0.2) is 35.8 Å². The fraction of sp³-hybridized carbons (Fsp3) is 0.588. The summed E-state index contributed by atoms with van der Waals surface area (Å²) in [6, 6.07) is -0.682. The first-order valence-corrected chi connectivity index (χ1v) is 8.01. The molecule has 0 radical (unpaired) electrons. The molecule has 6 nitrogen and oxygen atoms in total. The maximum atomic E-state index is 11.9. The molecule has 1 saturated heterocycles. The van der Waals surface area contributed by atoms with Crippen molar-refractivity contribution in [2.45, 2.75) is 25.3 Å². The van der Waals surface area contributed by atoms with Gasteiger partial charge in [0.1, 0.15) is 5.76 Å². The molecule has 3 aliphatic carbocycles. The number of nitrogens with zero attached hydrogens (tertiary/aromatic N) is 1. The first-order valence-electron chi connectivity index (χ1n) is 8.01. The molecule has 0 aromatic rings. The molecule has 1 aliphatic heterocycles. The largest absolute Gasteiger partial charge is 0.494 e. The van der Waals surface area contributed by atoms with Gasteiger partial charge in [0, 0.05) is 35.0 Å². The summed E-state index contributed by atoms with van der Waals surface area (Å²) in [4.78, 5) is 23.4. The molecule has 4 rings (SSSR count). The van der Waals surface area contributed by atoms with Gasteiger partial charge < -0.3 is 9.47 Å². The lowest BCUT2D eigenvalue weighted by molar-refractivity contribution is -0.543. The highest BCUT2D eigenvalue weighted by atomic mass is 16.6. The maximum absolute atomic E-state index is 11.9. The molecule has 1 heterocycles. The van der Waals surface area contributed by atoms with Crippen LogP contribution in [0.2, 0.25) is 0 Å². The third kappa shape index (κ3) is 1.90. The van der Waals surface area contributed by atoms with Crippen molar-refractivity contribution in [3.8, 4) is 0 Å². The molecule has 2 fully saturated rings. The molecule has 23 heavy (non-hydrogen) atoms. The fourth-order valence-electron chi connectivity index (χ4n) is 5.05. The van der Waals surface area contributed by atoms with Crippen molar-refractivity contribution in [3.05, 3.63) is 45.9 Å². The summed E-state index contributed by atoms with van der Waals surface area (Å²) in [5.41, 5.74) is -0.378. The summed E-state index contributed by atoms with van der Waals surface area (Å²) < 4.78 is 11.3. The van der Waals surface area contributed by atoms with Gasteiger partial charge in [-0.15, -0.1) is 0 Å². The molecule has 1 saturated carbocycles. The molecule has 0 aromatic carbocycles. The smallest absolute Gasteiger partial charge is 0.217 e. The van der Waals surface area contributed by atoms with Crippen LogP contribution in [0.5, 0.6) is 0 Å². The number of hydrogen-bond donors (Lipinski definition) is 0. The standard InChI is InChI=1S/C17H19NO5/c1-22-14-3-2-10-8-13(18(20)21)12-9-11(19)4-5-17(12)6-7-23-16(14)15(10)17/h2-5,10,12-13,15H,6-9H2,1H3/t10?,12-,13+,15?,17+/m0/s1. The molecule has 5 atom stereocenters. The van der Waals surface area contributed by atoms with Crippen LogP contribution < -0.4 is 0 Å². The molecule has 0 aromatic heterocycles. The van der Waals surface area contributed by atoms with E-state index in [0.717, 1.165) is 5.76 Å². The minimum atomic E-state index is -0.682. The second-order valence-electron chi connectivity index (χ2n) is 6.84. The summed E-state index contributed by atoms with van der Waals surface area (Å²) >= 11 is 0. The SMILES string of the molecule is COC1=C2OCC[C@]34C=CC(=O)C[C@H]3[C@H]([N+](=O)[O-])CC(C=C1)C24. The Morgan fingerprint density at radius 3 is 3.00 bits per heavy atom. The van der Waals surface area contributed by atoms with Crippen LogP contribution >= 0.6 is 0 Å². The number of carbonyl (C=O) groups is 1. The second kappa shape index (κ2) is 4.94. The molecule has 0 bridgehead atoms. The van der Waals surface area contributed by atoms with Crippen molar-refractivity contribution in [2.75, 3.05) is 13.7 Å². The highest BCUT2D eigenvalue weighted by Crippen LogP contribution is 2.61. The van der Waals surface area contributed by atoms with Crippen molar-refractivity contribution < 1.29 is 19.2 Å². The maximum Gasteiger partial charge on any atom is 0.217 e. The average molecular weight is 317 g/mol. The molecule has 0 amide bonds. The van der Waals surface area contributed by atoms with E-state index >= 15 is 0 Å². The van der Waals surface area contributed by atoms with Gasteiger partial charge in [-0.05, 0) is 24.5 Å². The number of hydrogen-bond acceptors (Lipinski definition) is 5. The Morgan fingerprint density at radius 1 is 1.43 bits per heavy atom. The lowest BCUT2D eigenvalue weighted by atomic mass is 9.49. The van der Waals surface area contributed by atoms with Gasteiger partial charge in [0.25, 0.3) is 0 Å². The molecule has 1 spiro atoms. The first kappa shape index (κ1) is 14.5. The van der Waals surface area contributed by atoms with Crippen molar-refractivity contribution in [2.24, 2.45) is 23.2 Å². The second-order valence-corrected chi connectivity index (χ2v) is 6.84. The Morgan fingerprint density at radius 2 is 2.26 bits per heavy atom. The van der Waals surface area contributed by atoms with Gasteiger partial charge in [-0.1, -0.05) is 12.2 Å². The number of nitro groups is 1. The average Bonchev–Trinajstić information content (AvgIpc) is 2.55. The zero-order valence-corrected chi connectivity index (χ0v) is 12.9. The fourth-order valence-corrected chi connectivity index (χ4v) is 5.05. The highest BCUT2D eigenvalue weighted by molar-refractivity contribution is 5.91. The molecular weight excluding hydrogens is 298 g/mol. The number of rotatable bonds is 2. The van der Waals surface area contributed by atoms with Crippen LogP contribution in [-0.2, 0) is 14.3 Å². The van der Waals surface area contributed by atoms with Crippen LogP contribution in [0.3, 0.4) is 0 Å². The third-order valence-corrected chi connectivity index (χ3v) is 5.98. The highest BCUT2D eigenvalue weighted by Gasteiger charge is 2.62. The Bertz CT molecular complexity index is 664. The van der Waals surface area contributed by atoms with E-state index in [-0.39, 0.29) is 40.3 Å². The van der Waals surface area contributed by atoms with E-state index < -0.39 is 6.04 Å². The van der Waals surface area contributed by atoms with E-state index in [4.69, 9.17) is 9.47 Å². The quantitative estimate of drug-likeness (QED) is 0.576. The Hall–Kier alpha value is -2.11. The number of methoxy groups -OCH3 is 1. The molecule has 2 unspecified atom stereocenters. The first-order chi connectivity index (χ1) is 11.1. The normalized spacial score (nSPS) is 41.0. The van der Waals surface area contributed by atoms with Crippen LogP contribution in [0.1, 0.15) is 19.3 Å². The predicted molar refractivity (Wildman–Crippen MR) is 80.8 cm³/mol. The molecule has 4 aliphatic rings. The third-order valence-electron chi connectivity index (χ3n) is 5.98. The van der Waals surface area contributed by atoms with Crippen LogP contribution in [0.4, 0.5) is 0 Å². The molecular formula is C17H19NO5. The lowest BCUT2D eigenvalue weighted by Gasteiger charge is -2.56. The molecule has 122 valence electrons. The molecule has 0 N–H and O–H groups in total. The van der Waals surface area contributed by atoms with E-state index in [0.29, 0.717) is 25.2 Å². The lowest BCUT2D eigenvalue weighted by Crippen LogP contribution is -2.58. The van der Waals surface area contributed by atoms with Gasteiger partial charge in [0.2, 0.25) is 6.04 Å². The zero-order chi connectivity index (χ0) is 16.2. The zero-order valence-electron chi connectivity index (χ0n) is 12.9. The van der Waals surface area contributed by atoms with Crippen molar-refractivity contribution in [1.82, 2.24) is 0 Å². The Labute approximate surface area is 134 Å². The summed E-state index contributed by atoms with van der Waals surface area (Å²) in [6.45, 7) is 0.499. The predicted octanol–water partition coefficient (Wildman–Crippen LogP) is 2.25. The van der Waals surface area contributed by atoms with Gasteiger partial charge in [-0.3, -0.25) is 14.9 Å².